The highest BCUT2D eigenvalue weighted by Crippen LogP contribution is 1.96. The van der Waals surface area contributed by atoms with Gasteiger partial charge in [-0.15, -0.1) is 12.4 Å². The summed E-state index contributed by atoms with van der Waals surface area (Å²) in [4.78, 5) is 0. The van der Waals surface area contributed by atoms with Crippen LogP contribution >= 0.6 is 25.0 Å². The van der Waals surface area contributed by atoms with E-state index >= 15 is 0 Å². The summed E-state index contributed by atoms with van der Waals surface area (Å²) >= 11 is 4.01. The molecule has 0 aliphatic carbocycles. The van der Waals surface area contributed by atoms with Crippen LogP contribution in [0, 0.1) is 0 Å². The molecule has 1 heterocycles. The molecule has 1 saturated heterocycles. The molecular formula is C5H12ClNOS. The molecule has 1 aliphatic rings. The van der Waals surface area contributed by atoms with Gasteiger partial charge in [0.1, 0.15) is 0 Å². The van der Waals surface area contributed by atoms with E-state index in [4.69, 9.17) is 4.74 Å². The monoisotopic (exact) mass is 169 g/mol. The maximum absolute atomic E-state index is 5.29. The summed E-state index contributed by atoms with van der Waals surface area (Å²) in [7, 11) is 0. The first kappa shape index (κ1) is 9.56. The van der Waals surface area contributed by atoms with Crippen LogP contribution in [0.4, 0.5) is 0 Å². The summed E-state index contributed by atoms with van der Waals surface area (Å²) in [6.07, 6.45) is 0.474. The zero-order valence-corrected chi connectivity index (χ0v) is 6.88. The predicted molar refractivity (Wildman–Crippen MR) is 43.7 cm³/mol. The maximum atomic E-state index is 5.29. The number of hydrogen-bond donors (Lipinski definition) is 2. The minimum Gasteiger partial charge on any atom is -0.375 e. The van der Waals surface area contributed by atoms with Crippen molar-refractivity contribution in [1.29, 1.82) is 0 Å². The molecule has 1 N–H and O–H groups in total. The molecule has 9 heavy (non-hydrogen) atoms. The fourth-order valence-electron chi connectivity index (χ4n) is 0.599. The lowest BCUT2D eigenvalue weighted by Crippen LogP contribution is -2.48. The molecule has 56 valence electrons. The Bertz CT molecular complexity index is 70.0. The summed E-state index contributed by atoms with van der Waals surface area (Å²) in [5.74, 6) is 0.830. The number of rotatable bonds is 3. The second kappa shape index (κ2) is 5.35. The van der Waals surface area contributed by atoms with E-state index in [1.54, 1.807) is 0 Å². The number of hydrogen-bond acceptors (Lipinski definition) is 3. The van der Waals surface area contributed by atoms with Crippen LogP contribution in [0.5, 0.6) is 0 Å². The molecule has 1 rings (SSSR count). The van der Waals surface area contributed by atoms with Crippen LogP contribution in [0.3, 0.4) is 0 Å². The highest BCUT2D eigenvalue weighted by molar-refractivity contribution is 7.80. The van der Waals surface area contributed by atoms with Crippen molar-refractivity contribution in [3.63, 3.8) is 0 Å². The Morgan fingerprint density at radius 1 is 1.56 bits per heavy atom. The number of thiol groups is 1. The lowest BCUT2D eigenvalue weighted by molar-refractivity contribution is 0.0287. The number of nitrogens with one attached hydrogen (secondary N) is 1. The lowest BCUT2D eigenvalue weighted by atomic mass is 10.2. The average Bonchev–Trinajstić information content (AvgIpc) is 1.63. The van der Waals surface area contributed by atoms with Crippen molar-refractivity contribution in [2.75, 3.05) is 25.4 Å². The quantitative estimate of drug-likeness (QED) is 0.595. The fourth-order valence-corrected chi connectivity index (χ4v) is 0.705. The van der Waals surface area contributed by atoms with Crippen molar-refractivity contribution < 1.29 is 4.74 Å². The molecule has 2 nitrogen and oxygen atoms in total. The van der Waals surface area contributed by atoms with Gasteiger partial charge in [0.2, 0.25) is 0 Å². The van der Waals surface area contributed by atoms with Crippen molar-refractivity contribution in [3.8, 4) is 0 Å². The molecular weight excluding hydrogens is 158 g/mol. The molecule has 0 unspecified atom stereocenters. The van der Waals surface area contributed by atoms with Crippen molar-refractivity contribution in [1.82, 2.24) is 5.32 Å². The van der Waals surface area contributed by atoms with E-state index in [-0.39, 0.29) is 12.4 Å². The molecule has 0 spiro atoms. The van der Waals surface area contributed by atoms with Crippen LogP contribution in [0.2, 0.25) is 0 Å². The van der Waals surface area contributed by atoms with Crippen molar-refractivity contribution in [2.45, 2.75) is 6.10 Å². The summed E-state index contributed by atoms with van der Waals surface area (Å²) in [6, 6.07) is 0. The zero-order valence-electron chi connectivity index (χ0n) is 5.17. The van der Waals surface area contributed by atoms with Crippen LogP contribution in [-0.2, 0) is 4.74 Å². The molecule has 0 bridgehead atoms. The van der Waals surface area contributed by atoms with Crippen molar-refractivity contribution >= 4 is 25.0 Å². The summed E-state index contributed by atoms with van der Waals surface area (Å²) in [5, 5.41) is 3.12. The second-order valence-electron chi connectivity index (χ2n) is 1.87. The van der Waals surface area contributed by atoms with Gasteiger partial charge in [-0.05, 0) is 0 Å². The Labute approximate surface area is 67.2 Å². The molecule has 0 atom stereocenters. The first-order valence-corrected chi connectivity index (χ1v) is 3.50. The third kappa shape index (κ3) is 3.30. The lowest BCUT2D eigenvalue weighted by Gasteiger charge is -2.26. The zero-order chi connectivity index (χ0) is 5.82. The Kier molecular flexibility index (Phi) is 5.69. The first-order valence-electron chi connectivity index (χ1n) is 2.86. The Hall–Kier alpha value is 0.560. The minimum atomic E-state index is 0. The maximum Gasteiger partial charge on any atom is 0.0823 e. The highest BCUT2D eigenvalue weighted by atomic mass is 35.5. The molecule has 0 saturated carbocycles. The number of ether oxygens (including phenoxy) is 1. The van der Waals surface area contributed by atoms with Gasteiger partial charge in [-0.2, -0.15) is 12.6 Å². The second-order valence-corrected chi connectivity index (χ2v) is 2.32. The smallest absolute Gasteiger partial charge is 0.0823 e. The standard InChI is InChI=1S/C5H11NOS.ClH/c8-2-1-7-5-3-6-4-5;/h5-6,8H,1-4H2;1H. The van der Waals surface area contributed by atoms with Crippen molar-refractivity contribution in [2.24, 2.45) is 0 Å². The molecule has 0 amide bonds. The highest BCUT2D eigenvalue weighted by Gasteiger charge is 2.15. The first-order chi connectivity index (χ1) is 3.93. The largest absolute Gasteiger partial charge is 0.375 e. The van der Waals surface area contributed by atoms with E-state index in [1.807, 2.05) is 0 Å². The van der Waals surface area contributed by atoms with Crippen LogP contribution in [-0.4, -0.2) is 31.6 Å². The predicted octanol–water partition coefficient (Wildman–Crippen LogP) is 0.326. The summed E-state index contributed by atoms with van der Waals surface area (Å²) in [6.45, 7) is 2.83. The van der Waals surface area contributed by atoms with Gasteiger partial charge in [0.15, 0.2) is 0 Å². The van der Waals surface area contributed by atoms with E-state index in [0.717, 1.165) is 25.4 Å². The van der Waals surface area contributed by atoms with Gasteiger partial charge < -0.3 is 10.1 Å². The van der Waals surface area contributed by atoms with Gasteiger partial charge in [0, 0.05) is 18.8 Å². The third-order valence-electron chi connectivity index (χ3n) is 1.19. The Balaban J connectivity index is 0.000000640. The Morgan fingerprint density at radius 3 is 2.56 bits per heavy atom. The van der Waals surface area contributed by atoms with Gasteiger partial charge in [0.05, 0.1) is 12.7 Å². The molecule has 0 aromatic rings. The van der Waals surface area contributed by atoms with Crippen molar-refractivity contribution in [3.05, 3.63) is 0 Å². The SMILES string of the molecule is Cl.SCCOC1CNC1. The molecule has 4 heteroatoms. The summed E-state index contributed by atoms with van der Waals surface area (Å²) < 4.78 is 5.29. The molecule has 0 aromatic carbocycles. The van der Waals surface area contributed by atoms with Gasteiger partial charge in [-0.3, -0.25) is 0 Å². The van der Waals surface area contributed by atoms with Crippen LogP contribution in [0.15, 0.2) is 0 Å². The van der Waals surface area contributed by atoms with Gasteiger partial charge >= 0.3 is 0 Å². The molecule has 0 aromatic heterocycles. The van der Waals surface area contributed by atoms with Gasteiger partial charge in [-0.1, -0.05) is 0 Å². The molecule has 1 fully saturated rings. The molecule has 0 radical (unpaired) electrons. The Morgan fingerprint density at radius 2 is 2.22 bits per heavy atom. The fraction of sp³-hybridized carbons (Fsp3) is 1.00. The normalized spacial score (nSPS) is 18.3. The third-order valence-corrected chi connectivity index (χ3v) is 1.37. The van der Waals surface area contributed by atoms with E-state index in [2.05, 4.69) is 17.9 Å². The van der Waals surface area contributed by atoms with E-state index in [0.29, 0.717) is 6.10 Å². The minimum absolute atomic E-state index is 0. The van der Waals surface area contributed by atoms with E-state index < -0.39 is 0 Å². The van der Waals surface area contributed by atoms with E-state index in [1.165, 1.54) is 0 Å². The number of halogens is 1. The topological polar surface area (TPSA) is 21.3 Å². The molecule has 1 aliphatic heterocycles. The van der Waals surface area contributed by atoms with Crippen LogP contribution in [0.25, 0.3) is 0 Å². The van der Waals surface area contributed by atoms with Gasteiger partial charge in [0.25, 0.3) is 0 Å². The van der Waals surface area contributed by atoms with Gasteiger partial charge in [-0.25, -0.2) is 0 Å². The van der Waals surface area contributed by atoms with Crippen LogP contribution < -0.4 is 5.32 Å². The van der Waals surface area contributed by atoms with E-state index in [9.17, 15) is 0 Å². The summed E-state index contributed by atoms with van der Waals surface area (Å²) in [5.41, 5.74) is 0. The average molecular weight is 170 g/mol. The van der Waals surface area contributed by atoms with Crippen LogP contribution in [0.1, 0.15) is 0 Å².